The van der Waals surface area contributed by atoms with E-state index in [0.29, 0.717) is 5.65 Å². The number of pyridine rings is 1. The van der Waals surface area contributed by atoms with Crippen molar-refractivity contribution in [1.29, 1.82) is 0 Å². The van der Waals surface area contributed by atoms with Gasteiger partial charge in [-0.2, -0.15) is 0 Å². The van der Waals surface area contributed by atoms with E-state index in [9.17, 15) is 14.5 Å². The predicted octanol–water partition coefficient (Wildman–Crippen LogP) is 2.81. The van der Waals surface area contributed by atoms with Crippen molar-refractivity contribution in [3.63, 3.8) is 0 Å². The average molecular weight is 235 g/mol. The molecule has 0 saturated heterocycles. The van der Waals surface area contributed by atoms with E-state index in [4.69, 9.17) is 0 Å². The zero-order valence-electron chi connectivity index (χ0n) is 8.97. The number of hydrogen-bond donors (Lipinski definition) is 0. The molecule has 0 bridgehead atoms. The van der Waals surface area contributed by atoms with Gasteiger partial charge in [-0.3, -0.25) is 10.1 Å². The molecule has 1 aliphatic carbocycles. The van der Waals surface area contributed by atoms with E-state index >= 15 is 0 Å². The summed E-state index contributed by atoms with van der Waals surface area (Å²) >= 11 is 0. The fourth-order valence-electron chi connectivity index (χ4n) is 2.12. The first-order valence-electron chi connectivity index (χ1n) is 5.47. The van der Waals surface area contributed by atoms with E-state index in [0.717, 1.165) is 19.3 Å². The average Bonchev–Trinajstić information content (AvgIpc) is 2.54. The lowest BCUT2D eigenvalue weighted by Gasteiger charge is -2.27. The highest BCUT2D eigenvalue weighted by atomic mass is 19.1. The summed E-state index contributed by atoms with van der Waals surface area (Å²) in [6.07, 6.45) is 5.74. The summed E-state index contributed by atoms with van der Waals surface area (Å²) in [5, 5.41) is 10.8. The third-order valence-corrected chi connectivity index (χ3v) is 3.29. The van der Waals surface area contributed by atoms with Crippen LogP contribution in [-0.4, -0.2) is 14.5 Å². The Labute approximate surface area is 96.0 Å². The molecule has 17 heavy (non-hydrogen) atoms. The van der Waals surface area contributed by atoms with Crippen molar-refractivity contribution in [2.24, 2.45) is 0 Å². The molecule has 2 aromatic heterocycles. The second kappa shape index (κ2) is 3.51. The SMILES string of the molecule is O=[N+]([O-])c1cnc2c(c1)c(F)cn2C1CCC1. The minimum Gasteiger partial charge on any atom is -0.326 e. The lowest BCUT2D eigenvalue weighted by atomic mass is 9.93. The zero-order chi connectivity index (χ0) is 12.0. The number of nitrogens with zero attached hydrogens (tertiary/aromatic N) is 3. The Hall–Kier alpha value is -1.98. The standard InChI is InChI=1S/C11H10FN3O2/c12-10-6-14(7-2-1-3-7)11-9(10)4-8(5-13-11)15(16)17/h4-7H,1-3H2. The van der Waals surface area contributed by atoms with Crippen LogP contribution in [0.2, 0.25) is 0 Å². The van der Waals surface area contributed by atoms with Crippen molar-refractivity contribution in [2.75, 3.05) is 0 Å². The Kier molecular flexibility index (Phi) is 2.10. The third-order valence-electron chi connectivity index (χ3n) is 3.29. The molecule has 0 aromatic carbocycles. The molecule has 3 rings (SSSR count). The molecule has 0 aliphatic heterocycles. The van der Waals surface area contributed by atoms with Crippen LogP contribution in [0, 0.1) is 15.9 Å². The van der Waals surface area contributed by atoms with Crippen molar-refractivity contribution in [3.8, 4) is 0 Å². The minimum absolute atomic E-state index is 0.178. The maximum atomic E-state index is 13.7. The Morgan fingerprint density at radius 1 is 1.53 bits per heavy atom. The van der Waals surface area contributed by atoms with E-state index in [-0.39, 0.29) is 17.1 Å². The van der Waals surface area contributed by atoms with Crippen LogP contribution >= 0.6 is 0 Å². The molecule has 1 fully saturated rings. The van der Waals surface area contributed by atoms with Gasteiger partial charge in [0.25, 0.3) is 5.69 Å². The van der Waals surface area contributed by atoms with Crippen LogP contribution in [0.3, 0.4) is 0 Å². The summed E-state index contributed by atoms with van der Waals surface area (Å²) in [5.41, 5.74) is 0.320. The van der Waals surface area contributed by atoms with Gasteiger partial charge in [-0.25, -0.2) is 9.37 Å². The highest BCUT2D eigenvalue weighted by molar-refractivity contribution is 5.79. The summed E-state index contributed by atoms with van der Waals surface area (Å²) in [4.78, 5) is 14.0. The van der Waals surface area contributed by atoms with Crippen LogP contribution in [0.5, 0.6) is 0 Å². The van der Waals surface area contributed by atoms with Gasteiger partial charge >= 0.3 is 0 Å². The first-order valence-corrected chi connectivity index (χ1v) is 5.47. The Bertz CT molecular complexity index is 604. The van der Waals surface area contributed by atoms with Gasteiger partial charge in [0.15, 0.2) is 5.82 Å². The second-order valence-electron chi connectivity index (χ2n) is 4.29. The maximum Gasteiger partial charge on any atom is 0.288 e. The molecule has 0 radical (unpaired) electrons. The lowest BCUT2D eigenvalue weighted by Crippen LogP contribution is -2.16. The van der Waals surface area contributed by atoms with E-state index in [1.807, 2.05) is 0 Å². The molecular formula is C11H10FN3O2. The van der Waals surface area contributed by atoms with E-state index < -0.39 is 10.7 Å². The summed E-state index contributed by atoms with van der Waals surface area (Å²) in [6.45, 7) is 0. The third kappa shape index (κ3) is 1.48. The monoisotopic (exact) mass is 235 g/mol. The fraction of sp³-hybridized carbons (Fsp3) is 0.364. The molecule has 1 aliphatic rings. The van der Waals surface area contributed by atoms with Gasteiger partial charge in [-0.05, 0) is 19.3 Å². The largest absolute Gasteiger partial charge is 0.326 e. The molecule has 0 amide bonds. The predicted molar refractivity (Wildman–Crippen MR) is 59.2 cm³/mol. The molecule has 5 nitrogen and oxygen atoms in total. The number of nitro groups is 1. The first kappa shape index (κ1) is 10.2. The molecule has 1 saturated carbocycles. The Morgan fingerprint density at radius 3 is 2.88 bits per heavy atom. The second-order valence-corrected chi connectivity index (χ2v) is 4.29. The summed E-state index contributed by atoms with van der Waals surface area (Å²) in [7, 11) is 0. The molecular weight excluding hydrogens is 225 g/mol. The van der Waals surface area contributed by atoms with Crippen molar-refractivity contribution >= 4 is 16.7 Å². The van der Waals surface area contributed by atoms with Crippen LogP contribution < -0.4 is 0 Å². The van der Waals surface area contributed by atoms with Crippen molar-refractivity contribution in [2.45, 2.75) is 25.3 Å². The van der Waals surface area contributed by atoms with E-state index in [2.05, 4.69) is 4.98 Å². The Balaban J connectivity index is 2.17. The quantitative estimate of drug-likeness (QED) is 0.594. The zero-order valence-corrected chi connectivity index (χ0v) is 8.97. The van der Waals surface area contributed by atoms with Gasteiger partial charge in [0.05, 0.1) is 10.3 Å². The molecule has 0 spiro atoms. The van der Waals surface area contributed by atoms with Gasteiger partial charge in [0.1, 0.15) is 11.8 Å². The van der Waals surface area contributed by atoms with E-state index in [1.54, 1.807) is 4.57 Å². The van der Waals surface area contributed by atoms with Gasteiger partial charge in [0.2, 0.25) is 0 Å². The van der Waals surface area contributed by atoms with Crippen molar-refractivity contribution in [1.82, 2.24) is 9.55 Å². The van der Waals surface area contributed by atoms with Gasteiger partial charge < -0.3 is 4.57 Å². The number of fused-ring (bicyclic) bond motifs is 1. The van der Waals surface area contributed by atoms with Crippen LogP contribution in [0.1, 0.15) is 25.3 Å². The number of halogens is 1. The number of aromatic nitrogens is 2. The van der Waals surface area contributed by atoms with Crippen LogP contribution in [0.25, 0.3) is 11.0 Å². The molecule has 0 atom stereocenters. The van der Waals surface area contributed by atoms with Crippen LogP contribution in [0.4, 0.5) is 10.1 Å². The Morgan fingerprint density at radius 2 is 2.29 bits per heavy atom. The topological polar surface area (TPSA) is 61.0 Å². The first-order chi connectivity index (χ1) is 8.16. The molecule has 0 unspecified atom stereocenters. The summed E-state index contributed by atoms with van der Waals surface area (Å²) < 4.78 is 15.5. The summed E-state index contributed by atoms with van der Waals surface area (Å²) in [6, 6.07) is 1.53. The molecule has 0 N–H and O–H groups in total. The molecule has 2 heterocycles. The van der Waals surface area contributed by atoms with Gasteiger partial charge in [0, 0.05) is 18.3 Å². The lowest BCUT2D eigenvalue weighted by molar-refractivity contribution is -0.385. The van der Waals surface area contributed by atoms with Crippen LogP contribution in [0.15, 0.2) is 18.5 Å². The number of rotatable bonds is 2. The molecule has 88 valence electrons. The maximum absolute atomic E-state index is 13.7. The highest BCUT2D eigenvalue weighted by Crippen LogP contribution is 2.35. The van der Waals surface area contributed by atoms with Crippen LogP contribution in [-0.2, 0) is 0 Å². The van der Waals surface area contributed by atoms with Crippen molar-refractivity contribution < 1.29 is 9.31 Å². The molecule has 2 aromatic rings. The minimum atomic E-state index is -0.563. The molecule has 6 heteroatoms. The highest BCUT2D eigenvalue weighted by Gasteiger charge is 2.24. The fourth-order valence-corrected chi connectivity index (χ4v) is 2.12. The van der Waals surface area contributed by atoms with Crippen molar-refractivity contribution in [3.05, 3.63) is 34.4 Å². The smallest absolute Gasteiger partial charge is 0.288 e. The van der Waals surface area contributed by atoms with E-state index in [1.165, 1.54) is 18.5 Å². The van der Waals surface area contributed by atoms with Gasteiger partial charge in [-0.1, -0.05) is 0 Å². The van der Waals surface area contributed by atoms with Gasteiger partial charge in [-0.15, -0.1) is 0 Å². The summed E-state index contributed by atoms with van der Waals surface area (Å²) in [5.74, 6) is -0.442. The normalized spacial score (nSPS) is 16.1. The number of hydrogen-bond acceptors (Lipinski definition) is 3.